The normalized spacial score (nSPS) is 18.1. The molecule has 1 fully saturated rings. The molecular formula is C20H24N2O4S. The summed E-state index contributed by atoms with van der Waals surface area (Å²) in [6.07, 6.45) is 1.33. The first kappa shape index (κ1) is 19.4. The van der Waals surface area contributed by atoms with E-state index in [1.54, 1.807) is 25.3 Å². The number of nitrogens with zero attached hydrogens (tertiary/aromatic N) is 1. The Bertz CT molecular complexity index is 913. The lowest BCUT2D eigenvalue weighted by Gasteiger charge is -2.31. The van der Waals surface area contributed by atoms with Gasteiger partial charge in [0.1, 0.15) is 5.75 Å². The third-order valence-electron chi connectivity index (χ3n) is 4.80. The van der Waals surface area contributed by atoms with Crippen LogP contribution in [-0.2, 0) is 14.8 Å². The number of aryl methyl sites for hydroxylation is 1. The van der Waals surface area contributed by atoms with E-state index in [1.807, 2.05) is 37.3 Å². The summed E-state index contributed by atoms with van der Waals surface area (Å²) in [5.74, 6) is 0.132. The predicted octanol–water partition coefficient (Wildman–Crippen LogP) is 3.04. The van der Waals surface area contributed by atoms with Crippen LogP contribution < -0.4 is 10.1 Å². The maximum atomic E-state index is 13.0. The first-order chi connectivity index (χ1) is 12.9. The highest BCUT2D eigenvalue weighted by Gasteiger charge is 2.33. The fourth-order valence-electron chi connectivity index (χ4n) is 3.30. The van der Waals surface area contributed by atoms with Crippen molar-refractivity contribution in [1.82, 2.24) is 4.31 Å². The number of carbonyl (C=O) groups is 1. The van der Waals surface area contributed by atoms with Gasteiger partial charge in [0, 0.05) is 18.8 Å². The molecule has 2 aromatic rings. The van der Waals surface area contributed by atoms with Crippen LogP contribution in [0.4, 0.5) is 5.69 Å². The van der Waals surface area contributed by atoms with Crippen LogP contribution in [0.1, 0.15) is 18.4 Å². The van der Waals surface area contributed by atoms with Crippen molar-refractivity contribution in [3.8, 4) is 5.75 Å². The van der Waals surface area contributed by atoms with Crippen molar-refractivity contribution in [1.29, 1.82) is 0 Å². The van der Waals surface area contributed by atoms with Gasteiger partial charge in [0.2, 0.25) is 15.9 Å². The summed E-state index contributed by atoms with van der Waals surface area (Å²) < 4.78 is 32.6. The number of para-hydroxylation sites is 1. The lowest BCUT2D eigenvalue weighted by Crippen LogP contribution is -2.43. The molecule has 0 unspecified atom stereocenters. The minimum atomic E-state index is -3.65. The van der Waals surface area contributed by atoms with E-state index in [0.29, 0.717) is 30.8 Å². The SMILES string of the molecule is COc1ccc(S(=O)(=O)N2CCC[C@H](C(=O)Nc3ccccc3)C2)cc1C. The van der Waals surface area contributed by atoms with Crippen molar-refractivity contribution in [2.24, 2.45) is 5.92 Å². The number of piperidine rings is 1. The van der Waals surface area contributed by atoms with Gasteiger partial charge in [-0.3, -0.25) is 4.79 Å². The molecule has 0 spiro atoms. The van der Waals surface area contributed by atoms with Crippen LogP contribution >= 0.6 is 0 Å². The number of anilines is 1. The first-order valence-corrected chi connectivity index (χ1v) is 10.4. The van der Waals surface area contributed by atoms with Crippen LogP contribution in [0.3, 0.4) is 0 Å². The van der Waals surface area contributed by atoms with E-state index in [0.717, 1.165) is 5.56 Å². The van der Waals surface area contributed by atoms with Gasteiger partial charge in [0.05, 0.1) is 17.9 Å². The highest BCUT2D eigenvalue weighted by molar-refractivity contribution is 7.89. The number of rotatable bonds is 5. The lowest BCUT2D eigenvalue weighted by molar-refractivity contribution is -0.120. The van der Waals surface area contributed by atoms with E-state index < -0.39 is 10.0 Å². The summed E-state index contributed by atoms with van der Waals surface area (Å²) in [4.78, 5) is 12.8. The zero-order valence-electron chi connectivity index (χ0n) is 15.5. The van der Waals surface area contributed by atoms with Gasteiger partial charge in [0.25, 0.3) is 0 Å². The lowest BCUT2D eigenvalue weighted by atomic mass is 9.99. The summed E-state index contributed by atoms with van der Waals surface area (Å²) >= 11 is 0. The van der Waals surface area contributed by atoms with E-state index in [1.165, 1.54) is 4.31 Å². The molecule has 1 N–H and O–H groups in total. The van der Waals surface area contributed by atoms with Crippen LogP contribution in [0, 0.1) is 12.8 Å². The minimum Gasteiger partial charge on any atom is -0.496 e. The Morgan fingerprint density at radius 1 is 1.19 bits per heavy atom. The zero-order chi connectivity index (χ0) is 19.4. The standard InChI is InChI=1S/C20H24N2O4S/c1-15-13-18(10-11-19(15)26-2)27(24,25)22-12-6-7-16(14-22)20(23)21-17-8-4-3-5-9-17/h3-5,8-11,13,16H,6-7,12,14H2,1-2H3,(H,21,23)/t16-/m0/s1. The molecule has 0 aliphatic carbocycles. The van der Waals surface area contributed by atoms with Crippen LogP contribution in [0.5, 0.6) is 5.75 Å². The van der Waals surface area contributed by atoms with Gasteiger partial charge >= 0.3 is 0 Å². The van der Waals surface area contributed by atoms with E-state index >= 15 is 0 Å². The van der Waals surface area contributed by atoms with Crippen molar-refractivity contribution in [3.63, 3.8) is 0 Å². The highest BCUT2D eigenvalue weighted by Crippen LogP contribution is 2.27. The number of hydrogen-bond donors (Lipinski definition) is 1. The number of benzene rings is 2. The topological polar surface area (TPSA) is 75.7 Å². The molecule has 7 heteroatoms. The molecule has 1 heterocycles. The van der Waals surface area contributed by atoms with Crippen molar-refractivity contribution < 1.29 is 17.9 Å². The van der Waals surface area contributed by atoms with Crippen molar-refractivity contribution in [2.75, 3.05) is 25.5 Å². The van der Waals surface area contributed by atoms with Crippen molar-refractivity contribution >= 4 is 21.6 Å². The molecule has 144 valence electrons. The maximum Gasteiger partial charge on any atom is 0.243 e. The summed E-state index contributed by atoms with van der Waals surface area (Å²) in [5, 5.41) is 2.87. The molecule has 0 saturated carbocycles. The number of carbonyl (C=O) groups excluding carboxylic acids is 1. The number of nitrogens with one attached hydrogen (secondary N) is 1. The molecule has 0 aromatic heterocycles. The number of sulfonamides is 1. The molecule has 1 amide bonds. The van der Waals surface area contributed by atoms with Gasteiger partial charge in [-0.1, -0.05) is 18.2 Å². The predicted molar refractivity (Wildman–Crippen MR) is 104 cm³/mol. The maximum absolute atomic E-state index is 13.0. The summed E-state index contributed by atoms with van der Waals surface area (Å²) in [6, 6.07) is 14.0. The van der Waals surface area contributed by atoms with E-state index in [2.05, 4.69) is 5.32 Å². The van der Waals surface area contributed by atoms with Gasteiger partial charge in [0.15, 0.2) is 0 Å². The van der Waals surface area contributed by atoms with E-state index in [-0.39, 0.29) is 23.3 Å². The third kappa shape index (κ3) is 4.31. The largest absolute Gasteiger partial charge is 0.496 e. The second kappa shape index (κ2) is 8.10. The monoisotopic (exact) mass is 388 g/mol. The molecule has 0 radical (unpaired) electrons. The second-order valence-corrected chi connectivity index (χ2v) is 8.63. The van der Waals surface area contributed by atoms with Crippen molar-refractivity contribution in [3.05, 3.63) is 54.1 Å². The quantitative estimate of drug-likeness (QED) is 0.854. The van der Waals surface area contributed by atoms with Gasteiger partial charge in [-0.25, -0.2) is 8.42 Å². The fraction of sp³-hybridized carbons (Fsp3) is 0.350. The fourth-order valence-corrected chi connectivity index (χ4v) is 4.91. The summed E-state index contributed by atoms with van der Waals surface area (Å²) in [6.45, 7) is 2.42. The molecule has 6 nitrogen and oxygen atoms in total. The first-order valence-electron chi connectivity index (χ1n) is 8.92. The Labute approximate surface area is 160 Å². The number of ether oxygens (including phenoxy) is 1. The average Bonchev–Trinajstić information content (AvgIpc) is 2.68. The third-order valence-corrected chi connectivity index (χ3v) is 6.66. The molecule has 1 saturated heterocycles. The molecule has 1 atom stereocenters. The number of hydrogen-bond acceptors (Lipinski definition) is 4. The van der Waals surface area contributed by atoms with Gasteiger partial charge in [-0.2, -0.15) is 4.31 Å². The molecular weight excluding hydrogens is 364 g/mol. The second-order valence-electron chi connectivity index (χ2n) is 6.69. The van der Waals surface area contributed by atoms with Crippen LogP contribution in [0.15, 0.2) is 53.4 Å². The number of amides is 1. The minimum absolute atomic E-state index is 0.146. The highest BCUT2D eigenvalue weighted by atomic mass is 32.2. The Balaban J connectivity index is 1.75. The summed E-state index contributed by atoms with van der Waals surface area (Å²) in [7, 11) is -2.10. The Kier molecular flexibility index (Phi) is 5.82. The Morgan fingerprint density at radius 3 is 2.59 bits per heavy atom. The van der Waals surface area contributed by atoms with Crippen LogP contribution in [-0.4, -0.2) is 38.8 Å². The number of methoxy groups -OCH3 is 1. The molecule has 3 rings (SSSR count). The Hall–Kier alpha value is -2.38. The van der Waals surface area contributed by atoms with Gasteiger partial charge < -0.3 is 10.1 Å². The van der Waals surface area contributed by atoms with E-state index in [4.69, 9.17) is 4.74 Å². The summed E-state index contributed by atoms with van der Waals surface area (Å²) in [5.41, 5.74) is 1.47. The van der Waals surface area contributed by atoms with Crippen LogP contribution in [0.2, 0.25) is 0 Å². The average molecular weight is 388 g/mol. The molecule has 27 heavy (non-hydrogen) atoms. The van der Waals surface area contributed by atoms with Gasteiger partial charge in [-0.15, -0.1) is 0 Å². The Morgan fingerprint density at radius 2 is 1.93 bits per heavy atom. The smallest absolute Gasteiger partial charge is 0.243 e. The zero-order valence-corrected chi connectivity index (χ0v) is 16.3. The molecule has 0 bridgehead atoms. The molecule has 1 aliphatic rings. The molecule has 2 aromatic carbocycles. The van der Waals surface area contributed by atoms with Crippen LogP contribution in [0.25, 0.3) is 0 Å². The van der Waals surface area contributed by atoms with E-state index in [9.17, 15) is 13.2 Å². The van der Waals surface area contributed by atoms with Gasteiger partial charge in [-0.05, 0) is 55.7 Å². The molecule has 1 aliphatic heterocycles. The van der Waals surface area contributed by atoms with Crippen molar-refractivity contribution in [2.45, 2.75) is 24.7 Å².